The number of nitrogens with one attached hydrogen (secondary N) is 1. The van der Waals surface area contributed by atoms with E-state index in [-0.39, 0.29) is 4.32 Å². The fourth-order valence-corrected chi connectivity index (χ4v) is 5.03. The summed E-state index contributed by atoms with van der Waals surface area (Å²) >= 11 is 10.0. The predicted molar refractivity (Wildman–Crippen MR) is 145 cm³/mol. The third-order valence-electron chi connectivity index (χ3n) is 4.90. The minimum absolute atomic E-state index is 0.248. The summed E-state index contributed by atoms with van der Waals surface area (Å²) in [5, 5.41) is 1.09. The molecular weight excluding hydrogens is 548 g/mol. The fourth-order valence-electron chi connectivity index (χ4n) is 3.28. The Morgan fingerprint density at radius 3 is 2.46 bits per heavy atom. The number of thiocarbonyl (C=S) groups is 1. The molecule has 0 atom stereocenters. The topological polar surface area (TPSA) is 67.9 Å². The second-order valence-corrected chi connectivity index (χ2v) is 9.89. The third kappa shape index (κ3) is 6.11. The predicted octanol–water partition coefficient (Wildman–Crippen LogP) is 5.97. The molecule has 1 heterocycles. The molecule has 0 aliphatic carbocycles. The maximum Gasteiger partial charge on any atom is 0.285 e. The van der Waals surface area contributed by atoms with Crippen molar-refractivity contribution in [3.63, 3.8) is 0 Å². The molecular formula is C26H21BrN2O4S2. The van der Waals surface area contributed by atoms with Crippen molar-refractivity contribution >= 4 is 62.1 Å². The van der Waals surface area contributed by atoms with Gasteiger partial charge >= 0.3 is 0 Å². The standard InChI is InChI=1S/C26H21BrN2O4S2/c1-2-32-21-14-18(13-20(27)23(21)33-16-17-9-5-3-6-10-17)15-22-25(31)29(26(34)35-22)28-24(30)19-11-7-4-8-12-19/h3-15H,2,16H2,1H3,(H,28,30)/b22-15-. The monoisotopic (exact) mass is 568 g/mol. The molecule has 9 heteroatoms. The van der Waals surface area contributed by atoms with E-state index in [0.29, 0.717) is 39.7 Å². The van der Waals surface area contributed by atoms with E-state index in [1.807, 2.05) is 55.5 Å². The Labute approximate surface area is 221 Å². The molecule has 0 spiro atoms. The number of benzene rings is 3. The van der Waals surface area contributed by atoms with Crippen LogP contribution in [0.4, 0.5) is 0 Å². The minimum Gasteiger partial charge on any atom is -0.490 e. The maximum atomic E-state index is 13.0. The molecule has 0 saturated carbocycles. The molecule has 1 aliphatic rings. The highest BCUT2D eigenvalue weighted by Crippen LogP contribution is 2.39. The van der Waals surface area contributed by atoms with Crippen molar-refractivity contribution < 1.29 is 19.1 Å². The van der Waals surface area contributed by atoms with Crippen LogP contribution in [0, 0.1) is 0 Å². The number of nitrogens with zero attached hydrogens (tertiary/aromatic N) is 1. The van der Waals surface area contributed by atoms with E-state index in [9.17, 15) is 9.59 Å². The number of hydrogen-bond acceptors (Lipinski definition) is 6. The van der Waals surface area contributed by atoms with Crippen LogP contribution in [0.3, 0.4) is 0 Å². The number of halogens is 1. The summed E-state index contributed by atoms with van der Waals surface area (Å²) in [5.74, 6) is 0.319. The molecule has 0 radical (unpaired) electrons. The molecule has 2 amide bonds. The summed E-state index contributed by atoms with van der Waals surface area (Å²) in [6.45, 7) is 2.73. The highest BCUT2D eigenvalue weighted by atomic mass is 79.9. The zero-order valence-corrected chi connectivity index (χ0v) is 21.9. The quantitative estimate of drug-likeness (QED) is 0.266. The van der Waals surface area contributed by atoms with Crippen LogP contribution in [0.25, 0.3) is 6.08 Å². The number of rotatable bonds is 8. The Morgan fingerprint density at radius 1 is 1.09 bits per heavy atom. The average molecular weight is 570 g/mol. The van der Waals surface area contributed by atoms with Crippen molar-refractivity contribution in [2.75, 3.05) is 6.61 Å². The molecule has 4 rings (SSSR count). The third-order valence-corrected chi connectivity index (χ3v) is 6.79. The number of carbonyl (C=O) groups excluding carboxylic acids is 2. The first-order valence-electron chi connectivity index (χ1n) is 10.7. The molecule has 35 heavy (non-hydrogen) atoms. The van der Waals surface area contributed by atoms with Crippen molar-refractivity contribution in [1.29, 1.82) is 0 Å². The van der Waals surface area contributed by atoms with E-state index in [1.54, 1.807) is 30.3 Å². The lowest BCUT2D eigenvalue weighted by Gasteiger charge is -2.16. The Hall–Kier alpha value is -3.14. The van der Waals surface area contributed by atoms with Crippen LogP contribution in [0.2, 0.25) is 0 Å². The molecule has 6 nitrogen and oxygen atoms in total. The molecule has 0 unspecified atom stereocenters. The molecule has 1 fully saturated rings. The van der Waals surface area contributed by atoms with Crippen LogP contribution in [-0.2, 0) is 11.4 Å². The van der Waals surface area contributed by atoms with Gasteiger partial charge in [0, 0.05) is 5.56 Å². The van der Waals surface area contributed by atoms with Gasteiger partial charge in [0.05, 0.1) is 16.0 Å². The van der Waals surface area contributed by atoms with Crippen molar-refractivity contribution in [3.8, 4) is 11.5 Å². The molecule has 1 N–H and O–H groups in total. The van der Waals surface area contributed by atoms with Gasteiger partial charge in [0.25, 0.3) is 11.8 Å². The van der Waals surface area contributed by atoms with Crippen molar-refractivity contribution in [2.45, 2.75) is 13.5 Å². The van der Waals surface area contributed by atoms with Crippen molar-refractivity contribution in [2.24, 2.45) is 0 Å². The summed E-state index contributed by atoms with van der Waals surface area (Å²) in [7, 11) is 0. The van der Waals surface area contributed by atoms with E-state index >= 15 is 0 Å². The molecule has 3 aromatic rings. The van der Waals surface area contributed by atoms with Gasteiger partial charge in [0.2, 0.25) is 0 Å². The van der Waals surface area contributed by atoms with Crippen molar-refractivity contribution in [1.82, 2.24) is 10.4 Å². The van der Waals surface area contributed by atoms with Crippen LogP contribution in [-0.4, -0.2) is 27.8 Å². The fraction of sp³-hybridized carbons (Fsp3) is 0.115. The molecule has 1 saturated heterocycles. The first-order valence-corrected chi connectivity index (χ1v) is 12.7. The smallest absolute Gasteiger partial charge is 0.285 e. The Balaban J connectivity index is 1.53. The number of thioether (sulfide) groups is 1. The first-order chi connectivity index (χ1) is 17.0. The Morgan fingerprint density at radius 2 is 1.77 bits per heavy atom. The van der Waals surface area contributed by atoms with E-state index in [4.69, 9.17) is 21.7 Å². The molecule has 178 valence electrons. The van der Waals surface area contributed by atoms with Gasteiger partial charge in [-0.1, -0.05) is 60.3 Å². The van der Waals surface area contributed by atoms with Crippen LogP contribution in [0.15, 0.2) is 82.2 Å². The SMILES string of the molecule is CCOc1cc(/C=C2\SC(=S)N(NC(=O)c3ccccc3)C2=O)cc(Br)c1OCc1ccccc1. The lowest BCUT2D eigenvalue weighted by molar-refractivity contribution is -0.123. The highest BCUT2D eigenvalue weighted by molar-refractivity contribution is 9.10. The van der Waals surface area contributed by atoms with Gasteiger partial charge in [-0.2, -0.15) is 5.01 Å². The minimum atomic E-state index is -0.413. The van der Waals surface area contributed by atoms with Gasteiger partial charge in [0.15, 0.2) is 15.8 Å². The van der Waals surface area contributed by atoms with E-state index in [0.717, 1.165) is 27.9 Å². The van der Waals surface area contributed by atoms with Crippen LogP contribution >= 0.6 is 39.9 Å². The second kappa shape index (κ2) is 11.5. The van der Waals surface area contributed by atoms with Crippen LogP contribution < -0.4 is 14.9 Å². The van der Waals surface area contributed by atoms with E-state index in [1.165, 1.54) is 0 Å². The number of hydrogen-bond donors (Lipinski definition) is 1. The Bertz CT molecular complexity index is 1280. The maximum absolute atomic E-state index is 13.0. The number of ether oxygens (including phenoxy) is 2. The summed E-state index contributed by atoms with van der Waals surface area (Å²) in [4.78, 5) is 25.9. The number of carbonyl (C=O) groups is 2. The van der Waals surface area contributed by atoms with E-state index in [2.05, 4.69) is 21.4 Å². The summed E-state index contributed by atoms with van der Waals surface area (Å²) in [6, 6.07) is 22.1. The van der Waals surface area contributed by atoms with Gasteiger partial charge in [-0.3, -0.25) is 15.0 Å². The lowest BCUT2D eigenvalue weighted by atomic mass is 10.1. The number of amides is 2. The van der Waals surface area contributed by atoms with Crippen molar-refractivity contribution in [3.05, 3.63) is 98.9 Å². The molecule has 0 aromatic heterocycles. The largest absolute Gasteiger partial charge is 0.490 e. The summed E-state index contributed by atoms with van der Waals surface area (Å²) in [6.07, 6.45) is 1.71. The van der Waals surface area contributed by atoms with Gasteiger partial charge in [-0.15, -0.1) is 0 Å². The van der Waals surface area contributed by atoms with Gasteiger partial charge < -0.3 is 9.47 Å². The first kappa shape index (κ1) is 25.0. The van der Waals surface area contributed by atoms with E-state index < -0.39 is 11.8 Å². The lowest BCUT2D eigenvalue weighted by Crippen LogP contribution is -2.44. The molecule has 0 bridgehead atoms. The van der Waals surface area contributed by atoms with Crippen LogP contribution in [0.1, 0.15) is 28.4 Å². The summed E-state index contributed by atoms with van der Waals surface area (Å²) < 4.78 is 12.8. The van der Waals surface area contributed by atoms with Gasteiger partial charge in [0.1, 0.15) is 6.61 Å². The zero-order chi connectivity index (χ0) is 24.8. The second-order valence-electron chi connectivity index (χ2n) is 7.36. The molecule has 3 aromatic carbocycles. The Kier molecular flexibility index (Phi) is 8.22. The highest BCUT2D eigenvalue weighted by Gasteiger charge is 2.34. The molecule has 1 aliphatic heterocycles. The van der Waals surface area contributed by atoms with Crippen LogP contribution in [0.5, 0.6) is 11.5 Å². The van der Waals surface area contributed by atoms with Gasteiger partial charge in [-0.05, 0) is 76.5 Å². The zero-order valence-electron chi connectivity index (χ0n) is 18.7. The average Bonchev–Trinajstić information content (AvgIpc) is 3.12. The normalized spacial score (nSPS) is 14.3. The number of hydrazine groups is 1. The summed E-state index contributed by atoms with van der Waals surface area (Å²) in [5.41, 5.74) is 4.77. The van der Waals surface area contributed by atoms with Gasteiger partial charge in [-0.25, -0.2) is 0 Å².